The van der Waals surface area contributed by atoms with Crippen LogP contribution in [0.15, 0.2) is 261 Å². The zero-order chi connectivity index (χ0) is 44.3. The maximum atomic E-state index is 5.50. The van der Waals surface area contributed by atoms with Crippen LogP contribution in [0.3, 0.4) is 0 Å². The second-order valence-electron chi connectivity index (χ2n) is 17.4. The Hall–Kier alpha value is -8.79. The molecule has 0 saturated carbocycles. The Kier molecular flexibility index (Phi) is 9.07. The van der Waals surface area contributed by atoms with Gasteiger partial charge in [0, 0.05) is 38.7 Å². The van der Waals surface area contributed by atoms with Crippen LogP contribution in [0, 0.1) is 0 Å². The summed E-state index contributed by atoms with van der Waals surface area (Å²) < 4.78 is 2.18. The van der Waals surface area contributed by atoms with Gasteiger partial charge in [0.1, 0.15) is 5.69 Å². The topological polar surface area (TPSA) is 20.5 Å². The number of anilines is 3. The van der Waals surface area contributed by atoms with E-state index in [4.69, 9.17) is 5.10 Å². The van der Waals surface area contributed by atoms with Crippen LogP contribution in [0.4, 0.5) is 17.1 Å². The lowest BCUT2D eigenvalue weighted by molar-refractivity contribution is 0.768. The summed E-state index contributed by atoms with van der Waals surface area (Å²) in [6, 6.07) is 95.0. The van der Waals surface area contributed by atoms with Crippen molar-refractivity contribution >= 4 is 44.1 Å². The molecule has 3 heteroatoms. The van der Waals surface area contributed by atoms with Gasteiger partial charge in [-0.2, -0.15) is 5.10 Å². The lowest BCUT2D eigenvalue weighted by atomic mass is 9.68. The van der Waals surface area contributed by atoms with Crippen molar-refractivity contribution in [2.75, 3.05) is 4.90 Å². The Balaban J connectivity index is 1.13. The Morgan fingerprint density at radius 1 is 0.373 bits per heavy atom. The molecule has 3 nitrogen and oxygen atoms in total. The van der Waals surface area contributed by atoms with E-state index in [1.54, 1.807) is 0 Å². The van der Waals surface area contributed by atoms with E-state index in [2.05, 4.69) is 270 Å². The van der Waals surface area contributed by atoms with Crippen molar-refractivity contribution in [1.82, 2.24) is 9.61 Å². The predicted octanol–water partition coefficient (Wildman–Crippen LogP) is 16.5. The number of rotatable bonds is 8. The van der Waals surface area contributed by atoms with Gasteiger partial charge < -0.3 is 4.90 Å². The lowest BCUT2D eigenvalue weighted by Crippen LogP contribution is -2.28. The molecule has 10 aromatic carbocycles. The van der Waals surface area contributed by atoms with Crippen molar-refractivity contribution in [3.05, 3.63) is 283 Å². The molecular formula is C64H43N3. The van der Waals surface area contributed by atoms with Gasteiger partial charge >= 0.3 is 0 Å². The number of hydrogen-bond donors (Lipinski definition) is 0. The van der Waals surface area contributed by atoms with Crippen molar-refractivity contribution in [2.45, 2.75) is 5.41 Å². The Morgan fingerprint density at radius 3 is 1.64 bits per heavy atom. The summed E-state index contributed by atoms with van der Waals surface area (Å²) in [5, 5.41) is 10.1. The van der Waals surface area contributed by atoms with E-state index in [9.17, 15) is 0 Å². The van der Waals surface area contributed by atoms with Crippen LogP contribution >= 0.6 is 0 Å². The Morgan fingerprint density at radius 2 is 0.925 bits per heavy atom. The van der Waals surface area contributed by atoms with Crippen LogP contribution in [0.2, 0.25) is 0 Å². The molecule has 0 unspecified atom stereocenters. The molecular weight excluding hydrogens is 811 g/mol. The molecule has 2 heterocycles. The number of hydrogen-bond acceptors (Lipinski definition) is 2. The first-order valence-electron chi connectivity index (χ1n) is 23.1. The van der Waals surface area contributed by atoms with E-state index in [0.29, 0.717) is 0 Å². The molecule has 0 atom stereocenters. The molecule has 0 N–H and O–H groups in total. The minimum atomic E-state index is -0.541. The molecule has 0 amide bonds. The molecule has 0 aliphatic heterocycles. The number of nitrogens with zero attached hydrogens (tertiary/aromatic N) is 3. The summed E-state index contributed by atoms with van der Waals surface area (Å²) in [5.74, 6) is 0. The third-order valence-corrected chi connectivity index (χ3v) is 13.8. The quantitative estimate of drug-likeness (QED) is 0.152. The van der Waals surface area contributed by atoms with Crippen molar-refractivity contribution in [3.8, 4) is 44.8 Å². The van der Waals surface area contributed by atoms with Crippen molar-refractivity contribution in [1.29, 1.82) is 0 Å². The van der Waals surface area contributed by atoms with Gasteiger partial charge in [-0.3, -0.25) is 0 Å². The molecule has 12 aromatic rings. The minimum Gasteiger partial charge on any atom is -0.309 e. The van der Waals surface area contributed by atoms with E-state index in [1.165, 1.54) is 44.2 Å². The fourth-order valence-electron chi connectivity index (χ4n) is 11.0. The lowest BCUT2D eigenvalue weighted by Gasteiger charge is -2.34. The molecule has 13 rings (SSSR count). The summed E-state index contributed by atoms with van der Waals surface area (Å²) in [6.07, 6.45) is 0. The maximum absolute atomic E-state index is 5.50. The molecule has 2 aromatic heterocycles. The maximum Gasteiger partial charge on any atom is 0.101 e. The van der Waals surface area contributed by atoms with Crippen molar-refractivity contribution in [2.24, 2.45) is 0 Å². The highest BCUT2D eigenvalue weighted by Gasteiger charge is 2.47. The smallest absolute Gasteiger partial charge is 0.101 e. The van der Waals surface area contributed by atoms with E-state index in [0.717, 1.165) is 67.0 Å². The van der Waals surface area contributed by atoms with Crippen molar-refractivity contribution < 1.29 is 0 Å². The third-order valence-electron chi connectivity index (χ3n) is 13.8. The molecule has 0 bridgehead atoms. The normalized spacial score (nSPS) is 12.6. The molecule has 0 spiro atoms. The van der Waals surface area contributed by atoms with E-state index >= 15 is 0 Å². The average Bonchev–Trinajstić information content (AvgIpc) is 3.96. The Labute approximate surface area is 390 Å². The SMILES string of the molecule is c1ccc(-c2nn3c(-c4ccccc4)cc4cc(N(c5cccc6c5-c5ccccc5C6(c5ccccc5)c5ccccc5)c5cccc6ccccc56)ccc4c3c2-c2ccccc2)cc1. The summed E-state index contributed by atoms with van der Waals surface area (Å²) >= 11 is 0. The van der Waals surface area contributed by atoms with Crippen LogP contribution < -0.4 is 4.90 Å². The summed E-state index contributed by atoms with van der Waals surface area (Å²) in [4.78, 5) is 2.51. The summed E-state index contributed by atoms with van der Waals surface area (Å²) in [6.45, 7) is 0. The van der Waals surface area contributed by atoms with E-state index < -0.39 is 5.41 Å². The van der Waals surface area contributed by atoms with Crippen LogP contribution in [0.25, 0.3) is 71.8 Å². The molecule has 314 valence electrons. The predicted molar refractivity (Wildman–Crippen MR) is 278 cm³/mol. The number of fused-ring (bicyclic) bond motifs is 7. The van der Waals surface area contributed by atoms with Gasteiger partial charge in [0.05, 0.1) is 28.0 Å². The van der Waals surface area contributed by atoms with Gasteiger partial charge in [-0.05, 0) is 74.5 Å². The highest BCUT2D eigenvalue weighted by Crippen LogP contribution is 2.60. The second kappa shape index (κ2) is 15.7. The highest BCUT2D eigenvalue weighted by atomic mass is 15.2. The number of benzene rings is 10. The largest absolute Gasteiger partial charge is 0.309 e. The third kappa shape index (κ3) is 6.02. The van der Waals surface area contributed by atoms with Gasteiger partial charge in [0.2, 0.25) is 0 Å². The second-order valence-corrected chi connectivity index (χ2v) is 17.4. The zero-order valence-electron chi connectivity index (χ0n) is 36.7. The summed E-state index contributed by atoms with van der Waals surface area (Å²) in [7, 11) is 0. The number of pyridine rings is 1. The molecule has 0 fully saturated rings. The van der Waals surface area contributed by atoms with Crippen LogP contribution in [0.1, 0.15) is 22.3 Å². The first-order valence-corrected chi connectivity index (χ1v) is 23.1. The van der Waals surface area contributed by atoms with Crippen LogP contribution in [-0.4, -0.2) is 9.61 Å². The van der Waals surface area contributed by atoms with E-state index in [-0.39, 0.29) is 0 Å². The molecule has 0 radical (unpaired) electrons. The monoisotopic (exact) mass is 853 g/mol. The van der Waals surface area contributed by atoms with Gasteiger partial charge in [-0.1, -0.05) is 231 Å². The standard InChI is InChI=1S/C64H43N3/c1-6-23-45(24-7-1)59-43-48-42-51(40-41-53(48)63-60(46-25-8-2-9-26-46)62(65-67(59)63)47-27-10-3-11-28-47)66(57-38-20-29-44-22-16-17-34-52(44)57)58-39-21-37-56-61(58)54-35-18-19-36-55(54)64(56,49-30-12-4-13-31-49)50-32-14-5-15-33-50/h1-43H. The minimum absolute atomic E-state index is 0.541. The fraction of sp³-hybridized carbons (Fsp3) is 0.0156. The van der Waals surface area contributed by atoms with Gasteiger partial charge in [-0.25, -0.2) is 4.52 Å². The number of aromatic nitrogens is 2. The first kappa shape index (κ1) is 38.6. The van der Waals surface area contributed by atoms with Gasteiger partial charge in [0.15, 0.2) is 0 Å². The highest BCUT2D eigenvalue weighted by molar-refractivity contribution is 6.11. The summed E-state index contributed by atoms with van der Waals surface area (Å²) in [5.41, 5.74) is 17.8. The first-order chi connectivity index (χ1) is 33.3. The molecule has 0 saturated heterocycles. The molecule has 1 aliphatic carbocycles. The van der Waals surface area contributed by atoms with Crippen molar-refractivity contribution in [3.63, 3.8) is 0 Å². The zero-order valence-corrected chi connectivity index (χ0v) is 36.7. The molecule has 67 heavy (non-hydrogen) atoms. The Bertz CT molecular complexity index is 3740. The average molecular weight is 854 g/mol. The molecule has 1 aliphatic rings. The fourth-order valence-corrected chi connectivity index (χ4v) is 11.0. The van der Waals surface area contributed by atoms with Gasteiger partial charge in [-0.15, -0.1) is 0 Å². The van der Waals surface area contributed by atoms with Gasteiger partial charge in [0.25, 0.3) is 0 Å². The van der Waals surface area contributed by atoms with E-state index in [1.807, 2.05) is 0 Å². The van der Waals surface area contributed by atoms with Crippen LogP contribution in [0.5, 0.6) is 0 Å². The van der Waals surface area contributed by atoms with Crippen LogP contribution in [-0.2, 0) is 5.41 Å².